The Morgan fingerprint density at radius 3 is 2.52 bits per heavy atom. The van der Waals surface area contributed by atoms with Gasteiger partial charge in [-0.3, -0.25) is 0 Å². The zero-order valence-electron chi connectivity index (χ0n) is 13.1. The summed E-state index contributed by atoms with van der Waals surface area (Å²) in [7, 11) is 0. The van der Waals surface area contributed by atoms with Crippen molar-refractivity contribution in [3.8, 4) is 11.4 Å². The van der Waals surface area contributed by atoms with Crippen LogP contribution in [0.2, 0.25) is 0 Å². The molecule has 1 heterocycles. The molecule has 1 aromatic heterocycles. The van der Waals surface area contributed by atoms with E-state index in [1.807, 2.05) is 0 Å². The molecule has 3 nitrogen and oxygen atoms in total. The molecule has 0 aliphatic heterocycles. The molecule has 0 bridgehead atoms. The van der Waals surface area contributed by atoms with Gasteiger partial charge in [0.05, 0.1) is 0 Å². The smallest absolute Gasteiger partial charge is 0.162 e. The Balaban J connectivity index is 2.52. The van der Waals surface area contributed by atoms with Crippen LogP contribution in [0.5, 0.6) is 0 Å². The third kappa shape index (κ3) is 3.62. The third-order valence-corrected chi connectivity index (χ3v) is 4.15. The highest BCUT2D eigenvalue weighted by Gasteiger charge is 2.13. The summed E-state index contributed by atoms with van der Waals surface area (Å²) in [5.74, 6) is 1.73. The summed E-state index contributed by atoms with van der Waals surface area (Å²) < 4.78 is 1.04. The molecule has 0 atom stereocenters. The molecule has 0 radical (unpaired) electrons. The Bertz CT molecular complexity index is 638. The third-order valence-electron chi connectivity index (χ3n) is 3.49. The lowest BCUT2D eigenvalue weighted by Gasteiger charge is -2.14. The predicted molar refractivity (Wildman–Crippen MR) is 92.8 cm³/mol. The first kappa shape index (κ1) is 16.0. The molecule has 1 aromatic carbocycles. The molecule has 0 spiro atoms. The monoisotopic (exact) mass is 347 g/mol. The van der Waals surface area contributed by atoms with Crippen LogP contribution in [0.25, 0.3) is 11.4 Å². The van der Waals surface area contributed by atoms with Crippen LogP contribution >= 0.6 is 15.9 Å². The second-order valence-electron chi connectivity index (χ2n) is 5.23. The van der Waals surface area contributed by atoms with Crippen LogP contribution in [0, 0.1) is 13.8 Å². The summed E-state index contributed by atoms with van der Waals surface area (Å²) in [5, 5.41) is 3.41. The highest BCUT2D eigenvalue weighted by Crippen LogP contribution is 2.29. The van der Waals surface area contributed by atoms with Gasteiger partial charge in [-0.05, 0) is 44.4 Å². The van der Waals surface area contributed by atoms with E-state index in [0.29, 0.717) is 0 Å². The molecule has 0 saturated carbocycles. The van der Waals surface area contributed by atoms with Crippen molar-refractivity contribution in [2.45, 2.75) is 40.5 Å². The maximum atomic E-state index is 4.74. The number of aromatic nitrogens is 2. The average Bonchev–Trinajstić information content (AvgIpc) is 2.46. The largest absolute Gasteiger partial charge is 0.370 e. The van der Waals surface area contributed by atoms with Crippen LogP contribution in [-0.4, -0.2) is 16.5 Å². The van der Waals surface area contributed by atoms with E-state index in [-0.39, 0.29) is 0 Å². The van der Waals surface area contributed by atoms with Crippen LogP contribution in [0.4, 0.5) is 5.82 Å². The van der Waals surface area contributed by atoms with Gasteiger partial charge >= 0.3 is 0 Å². The minimum Gasteiger partial charge on any atom is -0.370 e. The fourth-order valence-electron chi connectivity index (χ4n) is 2.24. The number of hydrogen-bond acceptors (Lipinski definition) is 3. The van der Waals surface area contributed by atoms with E-state index >= 15 is 0 Å². The van der Waals surface area contributed by atoms with E-state index < -0.39 is 0 Å². The zero-order chi connectivity index (χ0) is 15.4. The number of aryl methyl sites for hydroxylation is 2. The molecule has 4 heteroatoms. The second kappa shape index (κ2) is 7.03. The van der Waals surface area contributed by atoms with Crippen molar-refractivity contribution in [3.05, 3.63) is 39.5 Å². The van der Waals surface area contributed by atoms with Crippen molar-refractivity contribution in [1.82, 2.24) is 9.97 Å². The molecule has 0 saturated heterocycles. The molecule has 21 heavy (non-hydrogen) atoms. The molecule has 0 aliphatic rings. The maximum Gasteiger partial charge on any atom is 0.162 e. The second-order valence-corrected chi connectivity index (χ2v) is 6.09. The lowest BCUT2D eigenvalue weighted by Crippen LogP contribution is -2.09. The fourth-order valence-corrected chi connectivity index (χ4v) is 2.92. The van der Waals surface area contributed by atoms with Crippen LogP contribution in [0.1, 0.15) is 37.1 Å². The standard InChI is InChI=1S/C17H22BrN3/c1-5-9-19-16-12(4)15(6-2)20-17(21-16)13-8-7-11(3)10-14(13)18/h7-8,10H,5-6,9H2,1-4H3,(H,19,20,21). The summed E-state index contributed by atoms with van der Waals surface area (Å²) >= 11 is 3.63. The molecule has 2 rings (SSSR count). The first-order valence-corrected chi connectivity index (χ1v) is 8.24. The Kier molecular flexibility index (Phi) is 5.34. The molecule has 0 unspecified atom stereocenters. The summed E-state index contributed by atoms with van der Waals surface area (Å²) in [6.07, 6.45) is 1.99. The number of halogens is 1. The van der Waals surface area contributed by atoms with Crippen molar-refractivity contribution in [3.63, 3.8) is 0 Å². The molecule has 1 N–H and O–H groups in total. The van der Waals surface area contributed by atoms with Crippen LogP contribution in [0.15, 0.2) is 22.7 Å². The summed E-state index contributed by atoms with van der Waals surface area (Å²) in [4.78, 5) is 9.47. The lowest BCUT2D eigenvalue weighted by atomic mass is 10.1. The zero-order valence-corrected chi connectivity index (χ0v) is 14.7. The molecular weight excluding hydrogens is 326 g/mol. The van der Waals surface area contributed by atoms with Gasteiger partial charge in [-0.2, -0.15) is 0 Å². The van der Waals surface area contributed by atoms with Crippen molar-refractivity contribution in [1.29, 1.82) is 0 Å². The lowest BCUT2D eigenvalue weighted by molar-refractivity contribution is 0.936. The number of hydrogen-bond donors (Lipinski definition) is 1. The Hall–Kier alpha value is -1.42. The number of rotatable bonds is 5. The van der Waals surface area contributed by atoms with E-state index in [2.05, 4.69) is 67.1 Å². The first-order chi connectivity index (χ1) is 10.1. The molecule has 0 amide bonds. The van der Waals surface area contributed by atoms with Crippen molar-refractivity contribution in [2.24, 2.45) is 0 Å². The van der Waals surface area contributed by atoms with Gasteiger partial charge in [-0.25, -0.2) is 9.97 Å². The minimum absolute atomic E-state index is 0.780. The van der Waals surface area contributed by atoms with Crippen molar-refractivity contribution < 1.29 is 0 Å². The van der Waals surface area contributed by atoms with E-state index in [9.17, 15) is 0 Å². The Morgan fingerprint density at radius 1 is 1.14 bits per heavy atom. The fraction of sp³-hybridized carbons (Fsp3) is 0.412. The molecule has 0 aliphatic carbocycles. The van der Waals surface area contributed by atoms with E-state index in [0.717, 1.165) is 52.3 Å². The first-order valence-electron chi connectivity index (χ1n) is 7.44. The van der Waals surface area contributed by atoms with Crippen LogP contribution < -0.4 is 5.32 Å². The van der Waals surface area contributed by atoms with Gasteiger partial charge in [0, 0.05) is 27.8 Å². The molecule has 0 fully saturated rings. The molecule has 2 aromatic rings. The molecular formula is C17H22BrN3. The van der Waals surface area contributed by atoms with Gasteiger partial charge in [0.1, 0.15) is 5.82 Å². The maximum absolute atomic E-state index is 4.74. The van der Waals surface area contributed by atoms with Gasteiger partial charge in [0.15, 0.2) is 5.82 Å². The normalized spacial score (nSPS) is 10.7. The van der Waals surface area contributed by atoms with E-state index in [1.165, 1.54) is 5.56 Å². The number of benzene rings is 1. The summed E-state index contributed by atoms with van der Waals surface area (Å²) in [5.41, 5.74) is 4.51. The SMILES string of the molecule is CCCNc1nc(-c2ccc(C)cc2Br)nc(CC)c1C. The molecule has 112 valence electrons. The number of anilines is 1. The Morgan fingerprint density at radius 2 is 1.90 bits per heavy atom. The highest BCUT2D eigenvalue weighted by atomic mass is 79.9. The number of nitrogens with zero attached hydrogens (tertiary/aromatic N) is 2. The predicted octanol–water partition coefficient (Wildman–Crippen LogP) is 4.91. The minimum atomic E-state index is 0.780. The average molecular weight is 348 g/mol. The van der Waals surface area contributed by atoms with Crippen LogP contribution in [-0.2, 0) is 6.42 Å². The van der Waals surface area contributed by atoms with Gasteiger partial charge in [-0.1, -0.05) is 35.8 Å². The summed E-state index contributed by atoms with van der Waals surface area (Å²) in [6, 6.07) is 6.27. The highest BCUT2D eigenvalue weighted by molar-refractivity contribution is 9.10. The summed E-state index contributed by atoms with van der Waals surface area (Å²) in [6.45, 7) is 9.38. The van der Waals surface area contributed by atoms with Crippen molar-refractivity contribution >= 4 is 21.7 Å². The van der Waals surface area contributed by atoms with Gasteiger partial charge in [0.25, 0.3) is 0 Å². The van der Waals surface area contributed by atoms with Crippen LogP contribution in [0.3, 0.4) is 0 Å². The van der Waals surface area contributed by atoms with Crippen molar-refractivity contribution in [2.75, 3.05) is 11.9 Å². The topological polar surface area (TPSA) is 37.8 Å². The van der Waals surface area contributed by atoms with E-state index in [4.69, 9.17) is 9.97 Å². The Labute approximate surface area is 135 Å². The van der Waals surface area contributed by atoms with Gasteiger partial charge in [0.2, 0.25) is 0 Å². The van der Waals surface area contributed by atoms with Gasteiger partial charge < -0.3 is 5.32 Å². The quantitative estimate of drug-likeness (QED) is 0.834. The number of nitrogens with one attached hydrogen (secondary N) is 1. The van der Waals surface area contributed by atoms with Gasteiger partial charge in [-0.15, -0.1) is 0 Å². The van der Waals surface area contributed by atoms with E-state index in [1.54, 1.807) is 0 Å².